The van der Waals surface area contributed by atoms with Crippen molar-refractivity contribution in [2.75, 3.05) is 24.5 Å². The summed E-state index contributed by atoms with van der Waals surface area (Å²) in [6.07, 6.45) is 2.82. The summed E-state index contributed by atoms with van der Waals surface area (Å²) < 4.78 is 47.0. The lowest BCUT2D eigenvalue weighted by atomic mass is 9.99. The fourth-order valence-electron chi connectivity index (χ4n) is 4.51. The molecule has 1 saturated heterocycles. The van der Waals surface area contributed by atoms with Crippen LogP contribution in [0.4, 0.5) is 19.1 Å². The fraction of sp³-hybridized carbons (Fsp3) is 0.385. The molecule has 0 amide bonds. The van der Waals surface area contributed by atoms with Crippen molar-refractivity contribution in [3.05, 3.63) is 76.7 Å². The lowest BCUT2D eigenvalue weighted by molar-refractivity contribution is 0.237. The first-order valence-corrected chi connectivity index (χ1v) is 11.7. The van der Waals surface area contributed by atoms with Gasteiger partial charge < -0.3 is 9.64 Å². The van der Waals surface area contributed by atoms with Gasteiger partial charge in [0.2, 0.25) is 11.8 Å². The summed E-state index contributed by atoms with van der Waals surface area (Å²) in [4.78, 5) is 13.9. The number of anilines is 1. The summed E-state index contributed by atoms with van der Waals surface area (Å²) in [5, 5.41) is 0. The van der Waals surface area contributed by atoms with E-state index in [2.05, 4.69) is 16.7 Å². The van der Waals surface area contributed by atoms with E-state index in [0.717, 1.165) is 55.4 Å². The highest BCUT2D eigenvalue weighted by atomic mass is 19.1. The second-order valence-corrected chi connectivity index (χ2v) is 9.19. The number of hydrogen-bond acceptors (Lipinski definition) is 5. The van der Waals surface area contributed by atoms with Crippen LogP contribution >= 0.6 is 0 Å². The van der Waals surface area contributed by atoms with Crippen LogP contribution in [0, 0.1) is 23.4 Å². The third kappa shape index (κ3) is 5.01. The van der Waals surface area contributed by atoms with Crippen molar-refractivity contribution in [2.24, 2.45) is 5.92 Å². The first-order valence-electron chi connectivity index (χ1n) is 11.7. The van der Waals surface area contributed by atoms with Crippen molar-refractivity contribution in [3.63, 3.8) is 0 Å². The number of benzene rings is 2. The molecule has 2 aromatic carbocycles. The smallest absolute Gasteiger partial charge is 0.229 e. The van der Waals surface area contributed by atoms with Gasteiger partial charge >= 0.3 is 0 Å². The second-order valence-electron chi connectivity index (χ2n) is 9.19. The molecule has 0 N–H and O–H groups in total. The monoisotopic (exact) mass is 468 g/mol. The fourth-order valence-corrected chi connectivity index (χ4v) is 4.51. The molecule has 0 unspecified atom stereocenters. The van der Waals surface area contributed by atoms with Gasteiger partial charge in [-0.05, 0) is 48.6 Å². The van der Waals surface area contributed by atoms with Gasteiger partial charge in [-0.15, -0.1) is 0 Å². The molecule has 1 fully saturated rings. The van der Waals surface area contributed by atoms with Gasteiger partial charge in [0.1, 0.15) is 11.6 Å². The number of rotatable bonds is 5. The molecule has 5 rings (SSSR count). The van der Waals surface area contributed by atoms with E-state index < -0.39 is 11.6 Å². The minimum atomic E-state index is -0.778. The number of aromatic nitrogens is 2. The highest BCUT2D eigenvalue weighted by Gasteiger charge is 2.27. The Balaban J connectivity index is 1.45. The summed E-state index contributed by atoms with van der Waals surface area (Å²) in [6, 6.07) is 9.69. The summed E-state index contributed by atoms with van der Waals surface area (Å²) in [5.41, 5.74) is 2.68. The Morgan fingerprint density at radius 1 is 0.941 bits per heavy atom. The van der Waals surface area contributed by atoms with Crippen molar-refractivity contribution < 1.29 is 17.9 Å². The second kappa shape index (κ2) is 9.62. The third-order valence-electron chi connectivity index (χ3n) is 6.58. The summed E-state index contributed by atoms with van der Waals surface area (Å²) in [7, 11) is 0. The van der Waals surface area contributed by atoms with Gasteiger partial charge in [0.15, 0.2) is 11.6 Å². The van der Waals surface area contributed by atoms with Crippen LogP contribution < -0.4 is 9.64 Å². The molecule has 5 nitrogen and oxygen atoms in total. The van der Waals surface area contributed by atoms with Crippen LogP contribution in [0.2, 0.25) is 0 Å². The molecular formula is C26H27F3N4O. The maximum Gasteiger partial charge on any atom is 0.229 e. The van der Waals surface area contributed by atoms with Crippen LogP contribution in [-0.4, -0.2) is 34.5 Å². The molecule has 0 atom stereocenters. The molecule has 2 aliphatic rings. The Labute approximate surface area is 197 Å². The Morgan fingerprint density at radius 2 is 1.68 bits per heavy atom. The maximum absolute atomic E-state index is 14.4. The van der Waals surface area contributed by atoms with Crippen LogP contribution in [0.3, 0.4) is 0 Å². The summed E-state index contributed by atoms with van der Waals surface area (Å²) in [6.45, 7) is 5.90. The molecule has 2 aliphatic heterocycles. The topological polar surface area (TPSA) is 41.5 Å². The lowest BCUT2D eigenvalue weighted by Gasteiger charge is -2.33. The minimum absolute atomic E-state index is 0.0730. The molecule has 0 spiro atoms. The standard InChI is InChI=1S/C26H27F3N4O/c1-17-8-12-33(13-9-17)26-30-23-10-11-32(15-18-2-4-19(27)5-3-18)16-21(23)25(31-26)34-24-7-6-20(28)14-22(24)29/h2-7,14,17H,8-13,15-16H2,1H3. The predicted octanol–water partition coefficient (Wildman–Crippen LogP) is 5.48. The molecule has 0 aliphatic carbocycles. The molecule has 0 radical (unpaired) electrons. The van der Waals surface area contributed by atoms with Crippen LogP contribution in [0.15, 0.2) is 42.5 Å². The van der Waals surface area contributed by atoms with Gasteiger partial charge in [0, 0.05) is 45.2 Å². The quantitative estimate of drug-likeness (QED) is 0.496. The van der Waals surface area contributed by atoms with Crippen LogP contribution in [0.25, 0.3) is 0 Å². The zero-order valence-corrected chi connectivity index (χ0v) is 19.1. The van der Waals surface area contributed by atoms with Crippen LogP contribution in [0.1, 0.15) is 36.6 Å². The minimum Gasteiger partial charge on any atom is -0.435 e. The zero-order valence-electron chi connectivity index (χ0n) is 19.1. The van der Waals surface area contributed by atoms with E-state index in [-0.39, 0.29) is 11.6 Å². The van der Waals surface area contributed by atoms with Crippen molar-refractivity contribution in [1.29, 1.82) is 0 Å². The zero-order chi connectivity index (χ0) is 23.7. The normalized spacial score (nSPS) is 17.0. The first-order chi connectivity index (χ1) is 16.4. The number of piperidine rings is 1. The van der Waals surface area contributed by atoms with Gasteiger partial charge in [-0.1, -0.05) is 19.1 Å². The highest BCUT2D eigenvalue weighted by molar-refractivity contribution is 5.44. The van der Waals surface area contributed by atoms with Crippen LogP contribution in [0.5, 0.6) is 11.6 Å². The predicted molar refractivity (Wildman–Crippen MR) is 123 cm³/mol. The van der Waals surface area contributed by atoms with Gasteiger partial charge in [-0.2, -0.15) is 4.98 Å². The number of halogens is 3. The average Bonchev–Trinajstić information content (AvgIpc) is 2.83. The van der Waals surface area contributed by atoms with E-state index in [0.29, 0.717) is 37.3 Å². The molecule has 3 heterocycles. The van der Waals surface area contributed by atoms with Gasteiger partial charge in [0.05, 0.1) is 11.3 Å². The molecule has 0 saturated carbocycles. The van der Waals surface area contributed by atoms with E-state index in [1.807, 2.05) is 0 Å². The number of hydrogen-bond donors (Lipinski definition) is 0. The SMILES string of the molecule is CC1CCN(c2nc3c(c(Oc4ccc(F)cc4F)n2)CN(Cc2ccc(F)cc2)CC3)CC1. The number of ether oxygens (including phenoxy) is 1. The van der Waals surface area contributed by atoms with Crippen molar-refractivity contribution in [3.8, 4) is 11.6 Å². The van der Waals surface area contributed by atoms with Gasteiger partial charge in [-0.25, -0.2) is 18.2 Å². The largest absolute Gasteiger partial charge is 0.435 e. The first kappa shape index (κ1) is 22.7. The Kier molecular flexibility index (Phi) is 6.41. The van der Waals surface area contributed by atoms with Gasteiger partial charge in [0.25, 0.3) is 0 Å². The maximum atomic E-state index is 14.4. The number of fused-ring (bicyclic) bond motifs is 1. The van der Waals surface area contributed by atoms with E-state index in [1.165, 1.54) is 24.3 Å². The average molecular weight is 469 g/mol. The van der Waals surface area contributed by atoms with E-state index >= 15 is 0 Å². The molecule has 3 aromatic rings. The third-order valence-corrected chi connectivity index (χ3v) is 6.58. The lowest BCUT2D eigenvalue weighted by Crippen LogP contribution is -2.36. The molecule has 0 bridgehead atoms. The highest BCUT2D eigenvalue weighted by Crippen LogP contribution is 2.34. The summed E-state index contributed by atoms with van der Waals surface area (Å²) in [5.74, 6) is -0.224. The van der Waals surface area contributed by atoms with E-state index in [1.54, 1.807) is 12.1 Å². The summed E-state index contributed by atoms with van der Waals surface area (Å²) >= 11 is 0. The van der Waals surface area contributed by atoms with E-state index in [9.17, 15) is 13.2 Å². The Bertz CT molecular complexity index is 1160. The Hall–Kier alpha value is -3.13. The Morgan fingerprint density at radius 3 is 2.41 bits per heavy atom. The van der Waals surface area contributed by atoms with Crippen LogP contribution in [-0.2, 0) is 19.5 Å². The van der Waals surface area contributed by atoms with Crippen molar-refractivity contribution in [1.82, 2.24) is 14.9 Å². The van der Waals surface area contributed by atoms with Crippen molar-refractivity contribution >= 4 is 5.95 Å². The molecule has 34 heavy (non-hydrogen) atoms. The molecule has 178 valence electrons. The number of nitrogens with zero attached hydrogens (tertiary/aromatic N) is 4. The van der Waals surface area contributed by atoms with Crippen molar-refractivity contribution in [2.45, 2.75) is 39.3 Å². The molecule has 1 aromatic heterocycles. The molecule has 8 heteroatoms. The van der Waals surface area contributed by atoms with E-state index in [4.69, 9.17) is 14.7 Å². The van der Waals surface area contributed by atoms with Gasteiger partial charge in [-0.3, -0.25) is 4.90 Å². The molecular weight excluding hydrogens is 441 g/mol.